The molecule has 2 aliphatic heterocycles. The fourth-order valence-corrected chi connectivity index (χ4v) is 5.93. The second-order valence-corrected chi connectivity index (χ2v) is 10.7. The maximum atomic E-state index is 15.3. The number of hydrogen-bond donors (Lipinski definition) is 0. The predicted octanol–water partition coefficient (Wildman–Crippen LogP) is 5.65. The van der Waals surface area contributed by atoms with Crippen molar-refractivity contribution < 1.29 is 32.3 Å². The molecule has 2 aliphatic rings. The number of imide groups is 1. The van der Waals surface area contributed by atoms with Crippen LogP contribution in [-0.4, -0.2) is 47.3 Å². The molecule has 44 heavy (non-hydrogen) atoms. The Balaban J connectivity index is 1.48. The molecule has 2 heterocycles. The predicted molar refractivity (Wildman–Crippen MR) is 157 cm³/mol. The van der Waals surface area contributed by atoms with Crippen LogP contribution in [0.25, 0.3) is 0 Å². The van der Waals surface area contributed by atoms with Crippen LogP contribution >= 0.6 is 0 Å². The minimum atomic E-state index is -5.05. The molecule has 0 spiro atoms. The molecule has 0 N–H and O–H groups in total. The molecule has 0 aromatic heterocycles. The van der Waals surface area contributed by atoms with Gasteiger partial charge in [0.05, 0.1) is 35.0 Å². The number of alkyl halides is 3. The number of halogens is 3. The third kappa shape index (κ3) is 5.23. The monoisotopic (exact) mass is 597 g/mol. The van der Waals surface area contributed by atoms with Gasteiger partial charge in [0.15, 0.2) is 0 Å². The van der Waals surface area contributed by atoms with Crippen molar-refractivity contribution in [1.82, 2.24) is 4.90 Å². The Kier molecular flexibility index (Phi) is 7.50. The number of nitrogens with zero attached hydrogens (tertiary/aromatic N) is 3. The summed E-state index contributed by atoms with van der Waals surface area (Å²) in [4.78, 5) is 57.1. The molecule has 10 heteroatoms. The maximum absolute atomic E-state index is 15.3. The summed E-state index contributed by atoms with van der Waals surface area (Å²) in [5, 5.41) is 0. The summed E-state index contributed by atoms with van der Waals surface area (Å²) >= 11 is 0. The number of anilines is 2. The van der Waals surface area contributed by atoms with Crippen molar-refractivity contribution in [2.75, 3.05) is 16.3 Å². The van der Waals surface area contributed by atoms with Crippen molar-refractivity contribution in [2.45, 2.75) is 25.2 Å². The third-order valence-corrected chi connectivity index (χ3v) is 7.93. The van der Waals surface area contributed by atoms with E-state index in [4.69, 9.17) is 0 Å². The van der Waals surface area contributed by atoms with Crippen LogP contribution in [-0.2, 0) is 22.6 Å². The van der Waals surface area contributed by atoms with Gasteiger partial charge >= 0.3 is 6.18 Å². The van der Waals surface area contributed by atoms with Gasteiger partial charge in [-0.2, -0.15) is 13.2 Å². The van der Waals surface area contributed by atoms with Gasteiger partial charge in [0.1, 0.15) is 12.6 Å². The number of carbonyl (C=O) groups is 4. The second-order valence-electron chi connectivity index (χ2n) is 10.7. The van der Waals surface area contributed by atoms with Crippen LogP contribution in [0.3, 0.4) is 0 Å². The van der Waals surface area contributed by atoms with E-state index in [9.17, 15) is 19.2 Å². The van der Waals surface area contributed by atoms with Gasteiger partial charge in [-0.05, 0) is 41.8 Å². The third-order valence-electron chi connectivity index (χ3n) is 7.93. The zero-order chi connectivity index (χ0) is 31.0. The second kappa shape index (κ2) is 11.4. The standard InChI is InChI=1S/C34H26F3N3O4/c35-34(36,37)30-26(19-22-11-3-1-4-12-22)33(44)38(20-23-13-5-2-6-14-23)27-17-9-10-18-28(27)40(30)29(41)21-39-31(42)24-15-7-8-16-25(24)32(39)43/h1-18,26,30H,19-21H2. The summed E-state index contributed by atoms with van der Waals surface area (Å²) in [5.41, 5.74) is 1.28. The Bertz CT molecular complexity index is 1710. The van der Waals surface area contributed by atoms with Crippen LogP contribution < -0.4 is 9.80 Å². The van der Waals surface area contributed by atoms with Crippen LogP contribution in [0, 0.1) is 5.92 Å². The minimum Gasteiger partial charge on any atom is -0.306 e. The normalized spacial score (nSPS) is 18.2. The van der Waals surface area contributed by atoms with Gasteiger partial charge in [-0.1, -0.05) is 84.9 Å². The summed E-state index contributed by atoms with van der Waals surface area (Å²) in [6.07, 6.45) is -5.36. The minimum absolute atomic E-state index is 0.0347. The highest BCUT2D eigenvalue weighted by Gasteiger charge is 2.56. The molecule has 0 saturated carbocycles. The first-order valence-corrected chi connectivity index (χ1v) is 14.0. The molecule has 0 bridgehead atoms. The number of carbonyl (C=O) groups excluding carboxylic acids is 4. The molecule has 0 fully saturated rings. The van der Waals surface area contributed by atoms with Gasteiger partial charge in [-0.3, -0.25) is 29.0 Å². The van der Waals surface area contributed by atoms with Crippen molar-refractivity contribution in [3.05, 3.63) is 131 Å². The zero-order valence-electron chi connectivity index (χ0n) is 23.3. The molecule has 2 atom stereocenters. The average Bonchev–Trinajstić information content (AvgIpc) is 3.20. The summed E-state index contributed by atoms with van der Waals surface area (Å²) in [5.74, 6) is -5.22. The molecule has 6 rings (SSSR count). The van der Waals surface area contributed by atoms with E-state index < -0.39 is 48.3 Å². The van der Waals surface area contributed by atoms with Crippen LogP contribution in [0.5, 0.6) is 0 Å². The Labute approximate surface area is 251 Å². The molecule has 4 aromatic rings. The van der Waals surface area contributed by atoms with Gasteiger partial charge < -0.3 is 4.90 Å². The molecule has 4 aromatic carbocycles. The molecule has 222 valence electrons. The van der Waals surface area contributed by atoms with Gasteiger partial charge in [-0.25, -0.2) is 0 Å². The topological polar surface area (TPSA) is 78.0 Å². The first-order chi connectivity index (χ1) is 21.1. The number of rotatable bonds is 6. The first-order valence-electron chi connectivity index (χ1n) is 14.0. The van der Waals surface area contributed by atoms with Crippen molar-refractivity contribution in [3.8, 4) is 0 Å². The lowest BCUT2D eigenvalue weighted by Gasteiger charge is -2.36. The lowest BCUT2D eigenvalue weighted by molar-refractivity contribution is -0.168. The van der Waals surface area contributed by atoms with E-state index in [1.807, 2.05) is 0 Å². The van der Waals surface area contributed by atoms with E-state index in [2.05, 4.69) is 0 Å². The Morgan fingerprint density at radius 2 is 1.14 bits per heavy atom. The fraction of sp³-hybridized carbons (Fsp3) is 0.176. The lowest BCUT2D eigenvalue weighted by Crippen LogP contribution is -2.57. The Morgan fingerprint density at radius 1 is 0.636 bits per heavy atom. The smallest absolute Gasteiger partial charge is 0.306 e. The van der Waals surface area contributed by atoms with E-state index in [0.717, 1.165) is 0 Å². The maximum Gasteiger partial charge on any atom is 0.410 e. The summed E-state index contributed by atoms with van der Waals surface area (Å²) in [6, 6.07) is 26.5. The highest BCUT2D eigenvalue weighted by Crippen LogP contribution is 2.44. The van der Waals surface area contributed by atoms with E-state index in [0.29, 0.717) is 20.9 Å². The lowest BCUT2D eigenvalue weighted by atomic mass is 9.89. The van der Waals surface area contributed by atoms with Crippen LogP contribution in [0.2, 0.25) is 0 Å². The van der Waals surface area contributed by atoms with Crippen LogP contribution in [0.4, 0.5) is 24.5 Å². The van der Waals surface area contributed by atoms with E-state index >= 15 is 13.2 Å². The number of para-hydroxylation sites is 2. The summed E-state index contributed by atoms with van der Waals surface area (Å²) in [7, 11) is 0. The van der Waals surface area contributed by atoms with Crippen LogP contribution in [0.1, 0.15) is 31.8 Å². The van der Waals surface area contributed by atoms with Gasteiger partial charge in [-0.15, -0.1) is 0 Å². The molecule has 4 amide bonds. The summed E-state index contributed by atoms with van der Waals surface area (Å²) < 4.78 is 45.8. The van der Waals surface area contributed by atoms with Crippen molar-refractivity contribution in [2.24, 2.45) is 5.92 Å². The zero-order valence-corrected chi connectivity index (χ0v) is 23.3. The van der Waals surface area contributed by atoms with Crippen molar-refractivity contribution in [1.29, 1.82) is 0 Å². The van der Waals surface area contributed by atoms with E-state index in [-0.39, 0.29) is 35.5 Å². The molecular formula is C34H26F3N3O4. The van der Waals surface area contributed by atoms with E-state index in [1.165, 1.54) is 35.2 Å². The number of fused-ring (bicyclic) bond motifs is 2. The van der Waals surface area contributed by atoms with Crippen LogP contribution in [0.15, 0.2) is 109 Å². The average molecular weight is 598 g/mol. The molecule has 0 saturated heterocycles. The fourth-order valence-electron chi connectivity index (χ4n) is 5.93. The Morgan fingerprint density at radius 3 is 1.70 bits per heavy atom. The van der Waals surface area contributed by atoms with Crippen molar-refractivity contribution in [3.63, 3.8) is 0 Å². The summed E-state index contributed by atoms with van der Waals surface area (Å²) in [6.45, 7) is -0.967. The number of hydrogen-bond acceptors (Lipinski definition) is 4. The number of benzene rings is 4. The van der Waals surface area contributed by atoms with E-state index in [1.54, 1.807) is 78.9 Å². The molecule has 0 radical (unpaired) electrons. The highest BCUT2D eigenvalue weighted by atomic mass is 19.4. The molecule has 7 nitrogen and oxygen atoms in total. The van der Waals surface area contributed by atoms with Gasteiger partial charge in [0, 0.05) is 0 Å². The quantitative estimate of drug-likeness (QED) is 0.269. The molecular weight excluding hydrogens is 571 g/mol. The first kappa shape index (κ1) is 28.9. The van der Waals surface area contributed by atoms with Gasteiger partial charge in [0.2, 0.25) is 11.8 Å². The molecule has 0 aliphatic carbocycles. The Hall–Kier alpha value is -5.25. The largest absolute Gasteiger partial charge is 0.410 e. The SMILES string of the molecule is O=C1c2ccccc2C(=O)N1CC(=O)N1c2ccccc2N(Cc2ccccc2)C(=O)C(Cc2ccccc2)C1C(F)(F)F. The molecule has 2 unspecified atom stereocenters. The number of amides is 4. The van der Waals surface area contributed by atoms with Crippen molar-refractivity contribution >= 4 is 35.0 Å². The van der Waals surface area contributed by atoms with Gasteiger partial charge in [0.25, 0.3) is 11.8 Å². The highest BCUT2D eigenvalue weighted by molar-refractivity contribution is 6.23.